The highest BCUT2D eigenvalue weighted by atomic mass is 79.9. The summed E-state index contributed by atoms with van der Waals surface area (Å²) in [5, 5.41) is 0. The van der Waals surface area contributed by atoms with Gasteiger partial charge in [-0.25, -0.2) is 17.6 Å². The number of hydrogen-bond donors (Lipinski definition) is 1. The van der Waals surface area contributed by atoms with E-state index in [1.807, 2.05) is 6.92 Å². The van der Waals surface area contributed by atoms with Gasteiger partial charge >= 0.3 is 5.97 Å². The average molecular weight is 446 g/mol. The number of rotatable bonds is 7. The van der Waals surface area contributed by atoms with Gasteiger partial charge in [-0.1, -0.05) is 19.1 Å². The largest absolute Gasteiger partial charge is 0.491 e. The van der Waals surface area contributed by atoms with Crippen LogP contribution in [0, 0.1) is 5.82 Å². The van der Waals surface area contributed by atoms with Crippen LogP contribution in [0.3, 0.4) is 0 Å². The molecule has 0 unspecified atom stereocenters. The number of methoxy groups -OCH3 is 1. The Kier molecular flexibility index (Phi) is 6.60. The van der Waals surface area contributed by atoms with Crippen molar-refractivity contribution in [1.29, 1.82) is 0 Å². The lowest BCUT2D eigenvalue weighted by atomic mass is 10.1. The maximum atomic E-state index is 13.9. The zero-order valence-corrected chi connectivity index (χ0v) is 16.5. The second-order valence-electron chi connectivity index (χ2n) is 5.18. The van der Waals surface area contributed by atoms with Crippen molar-refractivity contribution in [2.24, 2.45) is 0 Å². The van der Waals surface area contributed by atoms with Gasteiger partial charge in [-0.05, 0) is 46.6 Å². The van der Waals surface area contributed by atoms with Crippen molar-refractivity contribution < 1.29 is 27.1 Å². The predicted molar refractivity (Wildman–Crippen MR) is 98.5 cm³/mol. The molecule has 0 saturated carbocycles. The van der Waals surface area contributed by atoms with Crippen molar-refractivity contribution in [2.75, 3.05) is 18.4 Å². The maximum absolute atomic E-state index is 13.9. The van der Waals surface area contributed by atoms with E-state index in [0.29, 0.717) is 17.5 Å². The van der Waals surface area contributed by atoms with Gasteiger partial charge in [0.25, 0.3) is 10.0 Å². The second-order valence-corrected chi connectivity index (χ2v) is 7.68. The molecule has 0 aliphatic rings. The van der Waals surface area contributed by atoms with Gasteiger partial charge in [0.2, 0.25) is 0 Å². The zero-order valence-electron chi connectivity index (χ0n) is 14.1. The number of hydrogen-bond acceptors (Lipinski definition) is 5. The fraction of sp³-hybridized carbons (Fsp3) is 0.235. The molecule has 0 spiro atoms. The average Bonchev–Trinajstić information content (AvgIpc) is 2.61. The highest BCUT2D eigenvalue weighted by Gasteiger charge is 2.26. The lowest BCUT2D eigenvalue weighted by Gasteiger charge is -2.17. The van der Waals surface area contributed by atoms with Crippen LogP contribution in [0.25, 0.3) is 0 Å². The fourth-order valence-corrected chi connectivity index (χ4v) is 3.75. The molecule has 2 aromatic carbocycles. The Bertz CT molecular complexity index is 917. The molecule has 0 heterocycles. The van der Waals surface area contributed by atoms with Crippen LogP contribution >= 0.6 is 15.9 Å². The Balaban J connectivity index is 2.55. The van der Waals surface area contributed by atoms with Gasteiger partial charge in [0.1, 0.15) is 22.0 Å². The number of esters is 1. The van der Waals surface area contributed by atoms with Crippen LogP contribution in [-0.4, -0.2) is 28.1 Å². The molecule has 0 saturated heterocycles. The topological polar surface area (TPSA) is 81.7 Å². The molecule has 6 nitrogen and oxygen atoms in total. The number of benzene rings is 2. The van der Waals surface area contributed by atoms with E-state index in [0.717, 1.165) is 12.1 Å². The zero-order chi connectivity index (χ0) is 19.3. The number of anilines is 1. The number of carbonyl (C=O) groups is 1. The number of carbonyl (C=O) groups excluding carboxylic acids is 1. The minimum Gasteiger partial charge on any atom is -0.491 e. The SMILES string of the molecule is CCCOc1c(Br)ccc(NS(=O)(=O)c2ccccc2F)c1C(=O)OC. The molecule has 0 aliphatic heterocycles. The van der Waals surface area contributed by atoms with Gasteiger partial charge in [0.05, 0.1) is 23.9 Å². The van der Waals surface area contributed by atoms with Crippen molar-refractivity contribution in [3.8, 4) is 5.75 Å². The van der Waals surface area contributed by atoms with Crippen molar-refractivity contribution in [3.63, 3.8) is 0 Å². The summed E-state index contributed by atoms with van der Waals surface area (Å²) in [6, 6.07) is 7.83. The van der Waals surface area contributed by atoms with Gasteiger partial charge in [0, 0.05) is 0 Å². The first-order valence-electron chi connectivity index (χ1n) is 7.62. The summed E-state index contributed by atoms with van der Waals surface area (Å²) in [6.07, 6.45) is 0.679. The molecule has 9 heteroatoms. The molecular weight excluding hydrogens is 429 g/mol. The van der Waals surface area contributed by atoms with E-state index in [-0.39, 0.29) is 17.0 Å². The van der Waals surface area contributed by atoms with E-state index in [1.54, 1.807) is 0 Å². The van der Waals surface area contributed by atoms with Gasteiger partial charge in [-0.3, -0.25) is 4.72 Å². The first kappa shape index (κ1) is 20.2. The summed E-state index contributed by atoms with van der Waals surface area (Å²) >= 11 is 3.28. The van der Waals surface area contributed by atoms with E-state index in [1.165, 1.54) is 31.4 Å². The monoisotopic (exact) mass is 445 g/mol. The molecule has 26 heavy (non-hydrogen) atoms. The highest BCUT2D eigenvalue weighted by Crippen LogP contribution is 2.36. The van der Waals surface area contributed by atoms with Crippen LogP contribution in [0.1, 0.15) is 23.7 Å². The van der Waals surface area contributed by atoms with Crippen LogP contribution in [0.15, 0.2) is 45.8 Å². The van der Waals surface area contributed by atoms with Crippen LogP contribution < -0.4 is 9.46 Å². The van der Waals surface area contributed by atoms with Gasteiger partial charge in [-0.15, -0.1) is 0 Å². The smallest absolute Gasteiger partial charge is 0.343 e. The minimum atomic E-state index is -4.26. The summed E-state index contributed by atoms with van der Waals surface area (Å²) in [4.78, 5) is 11.7. The summed E-state index contributed by atoms with van der Waals surface area (Å²) in [5.41, 5.74) is -0.176. The number of nitrogens with one attached hydrogen (secondary N) is 1. The summed E-state index contributed by atoms with van der Waals surface area (Å²) in [6.45, 7) is 2.20. The Morgan fingerprint density at radius 3 is 2.54 bits per heavy atom. The van der Waals surface area contributed by atoms with Crippen molar-refractivity contribution in [2.45, 2.75) is 18.2 Å². The third-order valence-corrected chi connectivity index (χ3v) is 5.34. The fourth-order valence-electron chi connectivity index (χ4n) is 2.15. The normalized spacial score (nSPS) is 11.1. The number of ether oxygens (including phenoxy) is 2. The third-order valence-electron chi connectivity index (χ3n) is 3.32. The number of halogens is 2. The van der Waals surface area contributed by atoms with Gasteiger partial charge in [-0.2, -0.15) is 0 Å². The predicted octanol–water partition coefficient (Wildman–Crippen LogP) is 3.96. The molecule has 0 radical (unpaired) electrons. The highest BCUT2D eigenvalue weighted by molar-refractivity contribution is 9.10. The molecular formula is C17H17BrFNO5S. The number of sulfonamides is 1. The molecule has 0 bridgehead atoms. The first-order valence-corrected chi connectivity index (χ1v) is 9.90. The first-order chi connectivity index (χ1) is 12.3. The second kappa shape index (κ2) is 8.50. The Morgan fingerprint density at radius 2 is 1.92 bits per heavy atom. The van der Waals surface area contributed by atoms with Crippen LogP contribution in [-0.2, 0) is 14.8 Å². The van der Waals surface area contributed by atoms with Crippen LogP contribution in [0.4, 0.5) is 10.1 Å². The van der Waals surface area contributed by atoms with Crippen LogP contribution in [0.5, 0.6) is 5.75 Å². The molecule has 1 N–H and O–H groups in total. The standard InChI is InChI=1S/C17H17BrFNO5S/c1-3-10-25-16-11(18)8-9-13(15(16)17(21)24-2)20-26(22,23)14-7-5-4-6-12(14)19/h4-9,20H,3,10H2,1-2H3. The van der Waals surface area contributed by atoms with Gasteiger partial charge < -0.3 is 9.47 Å². The molecule has 0 atom stereocenters. The van der Waals surface area contributed by atoms with Gasteiger partial charge in [0.15, 0.2) is 0 Å². The van der Waals surface area contributed by atoms with E-state index in [2.05, 4.69) is 20.7 Å². The molecule has 0 amide bonds. The van der Waals surface area contributed by atoms with E-state index < -0.39 is 26.7 Å². The molecule has 2 aromatic rings. The Labute approximate surface area is 159 Å². The summed E-state index contributed by atoms with van der Waals surface area (Å²) < 4.78 is 52.0. The van der Waals surface area contributed by atoms with Crippen molar-refractivity contribution in [3.05, 3.63) is 52.3 Å². The maximum Gasteiger partial charge on any atom is 0.343 e. The van der Waals surface area contributed by atoms with Crippen molar-refractivity contribution >= 4 is 37.6 Å². The molecule has 140 valence electrons. The Hall–Kier alpha value is -2.13. The van der Waals surface area contributed by atoms with E-state index in [9.17, 15) is 17.6 Å². The Morgan fingerprint density at radius 1 is 1.23 bits per heavy atom. The molecule has 0 aliphatic carbocycles. The molecule has 2 rings (SSSR count). The molecule has 0 fully saturated rings. The molecule has 0 aromatic heterocycles. The van der Waals surface area contributed by atoms with Crippen molar-refractivity contribution in [1.82, 2.24) is 0 Å². The minimum absolute atomic E-state index is 0.0746. The van der Waals surface area contributed by atoms with E-state index in [4.69, 9.17) is 9.47 Å². The lowest BCUT2D eigenvalue weighted by molar-refractivity contribution is 0.0597. The van der Waals surface area contributed by atoms with Crippen LogP contribution in [0.2, 0.25) is 0 Å². The van der Waals surface area contributed by atoms with E-state index >= 15 is 0 Å². The lowest BCUT2D eigenvalue weighted by Crippen LogP contribution is -2.18. The third kappa shape index (κ3) is 4.34. The quantitative estimate of drug-likeness (QED) is 0.652. The summed E-state index contributed by atoms with van der Waals surface area (Å²) in [7, 11) is -3.09. The summed E-state index contributed by atoms with van der Waals surface area (Å²) in [5.74, 6) is -1.55.